The Balaban J connectivity index is 1.36. The van der Waals surface area contributed by atoms with Gasteiger partial charge in [0.05, 0.1) is 0 Å². The Morgan fingerprint density at radius 1 is 1.07 bits per heavy atom. The van der Waals surface area contributed by atoms with Crippen molar-refractivity contribution in [2.24, 2.45) is 17.8 Å². The van der Waals surface area contributed by atoms with Gasteiger partial charge in [0, 0.05) is 18.6 Å². The molecule has 5 aliphatic rings. The first-order chi connectivity index (χ1) is 13.0. The van der Waals surface area contributed by atoms with Gasteiger partial charge in [-0.1, -0.05) is 0 Å². The maximum atomic E-state index is 6.61. The van der Waals surface area contributed by atoms with Gasteiger partial charge in [-0.05, 0) is 89.3 Å². The maximum absolute atomic E-state index is 6.61. The molecule has 4 bridgehead atoms. The molecular weight excluding hydrogens is 336 g/mol. The fraction of sp³-hybridized carbons (Fsp3) is 0.810. The third-order valence-corrected chi connectivity index (χ3v) is 7.85. The Labute approximate surface area is 162 Å². The van der Waals surface area contributed by atoms with Gasteiger partial charge in [-0.2, -0.15) is 0 Å². The summed E-state index contributed by atoms with van der Waals surface area (Å²) in [6, 6.07) is 0.505. The average Bonchev–Trinajstić information content (AvgIpc) is 2.62. The molecule has 2 heterocycles. The lowest BCUT2D eigenvalue weighted by molar-refractivity contribution is 0.0106. The molecule has 1 aliphatic heterocycles. The molecular formula is C21H34N6. The molecule has 0 aromatic carbocycles. The van der Waals surface area contributed by atoms with Gasteiger partial charge in [-0.15, -0.1) is 0 Å². The van der Waals surface area contributed by atoms with E-state index in [0.29, 0.717) is 6.04 Å². The molecule has 0 atom stereocenters. The molecule has 6 heteroatoms. The molecule has 4 saturated carbocycles. The summed E-state index contributed by atoms with van der Waals surface area (Å²) < 4.78 is 0. The minimum Gasteiger partial charge on any atom is -0.393 e. The van der Waals surface area contributed by atoms with Gasteiger partial charge in [0.1, 0.15) is 12.0 Å². The minimum atomic E-state index is 0.223. The van der Waals surface area contributed by atoms with Gasteiger partial charge in [0.2, 0.25) is 0 Å². The Bertz CT molecular complexity index is 661. The lowest BCUT2D eigenvalue weighted by Crippen LogP contribution is -2.55. The van der Waals surface area contributed by atoms with Crippen molar-refractivity contribution in [3.8, 4) is 0 Å². The molecule has 1 saturated heterocycles. The van der Waals surface area contributed by atoms with Gasteiger partial charge in [0.25, 0.3) is 0 Å². The zero-order valence-corrected chi connectivity index (χ0v) is 16.8. The fourth-order valence-electron chi connectivity index (χ4n) is 6.84. The molecule has 0 unspecified atom stereocenters. The first-order valence-corrected chi connectivity index (χ1v) is 10.8. The van der Waals surface area contributed by atoms with Crippen LogP contribution >= 0.6 is 0 Å². The molecule has 6 rings (SSSR count). The third-order valence-electron chi connectivity index (χ3n) is 7.85. The largest absolute Gasteiger partial charge is 0.393 e. The number of rotatable bonds is 4. The van der Waals surface area contributed by atoms with Crippen molar-refractivity contribution in [3.63, 3.8) is 0 Å². The molecule has 148 valence electrons. The van der Waals surface area contributed by atoms with E-state index in [1.165, 1.54) is 38.5 Å². The van der Waals surface area contributed by atoms with E-state index in [1.54, 1.807) is 6.33 Å². The highest BCUT2D eigenvalue weighted by Gasteiger charge is 2.51. The second-order valence-electron chi connectivity index (χ2n) is 9.93. The van der Waals surface area contributed by atoms with Crippen LogP contribution in [-0.2, 0) is 0 Å². The molecule has 4 aliphatic carbocycles. The summed E-state index contributed by atoms with van der Waals surface area (Å²) in [6.45, 7) is 2.27. The minimum absolute atomic E-state index is 0.223. The SMILES string of the molecule is CN1CCC(N(C)c2ncnc(NC34CC5CC(CC(C5)C3)C4)c2N)CC1. The van der Waals surface area contributed by atoms with E-state index in [-0.39, 0.29) is 5.54 Å². The van der Waals surface area contributed by atoms with E-state index in [9.17, 15) is 0 Å². The quantitative estimate of drug-likeness (QED) is 0.849. The first-order valence-electron chi connectivity index (χ1n) is 10.8. The van der Waals surface area contributed by atoms with Crippen LogP contribution in [0.5, 0.6) is 0 Å². The van der Waals surface area contributed by atoms with Crippen LogP contribution in [0.3, 0.4) is 0 Å². The van der Waals surface area contributed by atoms with Crippen LogP contribution in [0.1, 0.15) is 51.4 Å². The average molecular weight is 371 g/mol. The van der Waals surface area contributed by atoms with Gasteiger partial charge in [-0.3, -0.25) is 0 Å². The number of aromatic nitrogens is 2. The smallest absolute Gasteiger partial charge is 0.157 e. The van der Waals surface area contributed by atoms with Crippen LogP contribution in [0.25, 0.3) is 0 Å². The number of hydrogen-bond donors (Lipinski definition) is 2. The third kappa shape index (κ3) is 3.16. The number of nitrogens with two attached hydrogens (primary N) is 1. The van der Waals surface area contributed by atoms with Crippen molar-refractivity contribution in [1.29, 1.82) is 0 Å². The monoisotopic (exact) mass is 370 g/mol. The zero-order valence-electron chi connectivity index (χ0n) is 16.8. The summed E-state index contributed by atoms with van der Waals surface area (Å²) in [5, 5.41) is 3.85. The van der Waals surface area contributed by atoms with Gasteiger partial charge in [0.15, 0.2) is 11.6 Å². The molecule has 0 amide bonds. The number of anilines is 3. The summed E-state index contributed by atoms with van der Waals surface area (Å²) in [6.07, 6.45) is 12.2. The van der Waals surface area contributed by atoms with Crippen molar-refractivity contribution in [3.05, 3.63) is 6.33 Å². The van der Waals surface area contributed by atoms with E-state index in [0.717, 1.165) is 61.0 Å². The Hall–Kier alpha value is -1.56. The molecule has 1 aromatic rings. The maximum Gasteiger partial charge on any atom is 0.157 e. The molecule has 0 spiro atoms. The van der Waals surface area contributed by atoms with E-state index < -0.39 is 0 Å². The predicted octanol–water partition coefficient (Wildman–Crippen LogP) is 2.97. The van der Waals surface area contributed by atoms with Crippen molar-refractivity contribution >= 4 is 17.3 Å². The first kappa shape index (κ1) is 17.5. The van der Waals surface area contributed by atoms with Gasteiger partial charge in [-0.25, -0.2) is 9.97 Å². The Morgan fingerprint density at radius 2 is 1.67 bits per heavy atom. The highest BCUT2D eigenvalue weighted by Crippen LogP contribution is 2.56. The molecule has 6 nitrogen and oxygen atoms in total. The van der Waals surface area contributed by atoms with Gasteiger partial charge < -0.3 is 20.9 Å². The van der Waals surface area contributed by atoms with E-state index in [2.05, 4.69) is 39.2 Å². The van der Waals surface area contributed by atoms with E-state index in [4.69, 9.17) is 5.73 Å². The van der Waals surface area contributed by atoms with Crippen molar-refractivity contribution in [2.75, 3.05) is 43.1 Å². The molecule has 3 N–H and O–H groups in total. The Morgan fingerprint density at radius 3 is 2.26 bits per heavy atom. The summed E-state index contributed by atoms with van der Waals surface area (Å²) in [5.41, 5.74) is 7.56. The van der Waals surface area contributed by atoms with Gasteiger partial charge >= 0.3 is 0 Å². The van der Waals surface area contributed by atoms with E-state index in [1.807, 2.05) is 0 Å². The van der Waals surface area contributed by atoms with Crippen molar-refractivity contribution in [2.45, 2.75) is 62.9 Å². The molecule has 1 aromatic heterocycles. The van der Waals surface area contributed by atoms with Crippen LogP contribution in [0.2, 0.25) is 0 Å². The summed E-state index contributed by atoms with van der Waals surface area (Å²) in [4.78, 5) is 13.8. The molecule has 5 fully saturated rings. The summed E-state index contributed by atoms with van der Waals surface area (Å²) in [7, 11) is 4.34. The number of piperidine rings is 1. The van der Waals surface area contributed by atoms with Crippen LogP contribution in [0.4, 0.5) is 17.3 Å². The second-order valence-corrected chi connectivity index (χ2v) is 9.93. The van der Waals surface area contributed by atoms with Crippen LogP contribution in [-0.4, -0.2) is 53.6 Å². The fourth-order valence-corrected chi connectivity index (χ4v) is 6.84. The van der Waals surface area contributed by atoms with Crippen LogP contribution < -0.4 is 16.0 Å². The number of hydrogen-bond acceptors (Lipinski definition) is 6. The number of nitrogens with one attached hydrogen (secondary N) is 1. The second kappa shape index (κ2) is 6.50. The number of nitrogen functional groups attached to an aromatic ring is 1. The topological polar surface area (TPSA) is 70.3 Å². The van der Waals surface area contributed by atoms with Crippen LogP contribution in [0.15, 0.2) is 6.33 Å². The summed E-state index contributed by atoms with van der Waals surface area (Å²) in [5.74, 6) is 4.49. The predicted molar refractivity (Wildman–Crippen MR) is 110 cm³/mol. The number of nitrogens with zero attached hydrogens (tertiary/aromatic N) is 4. The van der Waals surface area contributed by atoms with Crippen molar-refractivity contribution in [1.82, 2.24) is 14.9 Å². The highest BCUT2D eigenvalue weighted by molar-refractivity contribution is 5.75. The van der Waals surface area contributed by atoms with Crippen LogP contribution in [0, 0.1) is 17.8 Å². The standard InChI is InChI=1S/C21H34N6/c1-26-5-3-17(4-6-26)27(2)20-18(22)19(23-13-24-20)25-21-10-14-7-15(11-21)9-16(8-14)12-21/h13-17H,3-12,22H2,1-2H3,(H,23,24,25). The number of likely N-dealkylation sites (tertiary alicyclic amines) is 1. The lowest BCUT2D eigenvalue weighted by atomic mass is 9.53. The summed E-state index contributed by atoms with van der Waals surface area (Å²) >= 11 is 0. The normalized spacial score (nSPS) is 36.1. The molecule has 0 radical (unpaired) electrons. The Kier molecular flexibility index (Phi) is 4.22. The highest BCUT2D eigenvalue weighted by atomic mass is 15.2. The van der Waals surface area contributed by atoms with Crippen molar-refractivity contribution < 1.29 is 0 Å². The molecule has 27 heavy (non-hydrogen) atoms. The lowest BCUT2D eigenvalue weighted by Gasteiger charge is -2.57. The van der Waals surface area contributed by atoms with E-state index >= 15 is 0 Å². The zero-order chi connectivity index (χ0) is 18.6.